The third-order valence-electron chi connectivity index (χ3n) is 5.62. The number of benzene rings is 3. The lowest BCUT2D eigenvalue weighted by molar-refractivity contribution is 0.0697. The summed E-state index contributed by atoms with van der Waals surface area (Å²) in [4.78, 5) is 12.4. The molecule has 0 aliphatic carbocycles. The average molecular weight is 413 g/mol. The van der Waals surface area contributed by atoms with Crippen molar-refractivity contribution in [3.8, 4) is 23.0 Å². The van der Waals surface area contributed by atoms with E-state index in [-0.39, 0.29) is 11.0 Å². The quantitative estimate of drug-likeness (QED) is 0.504. The predicted octanol–water partition coefficient (Wildman–Crippen LogP) is 6.42. The van der Waals surface area contributed by atoms with Gasteiger partial charge in [-0.05, 0) is 76.2 Å². The van der Waals surface area contributed by atoms with Gasteiger partial charge in [-0.2, -0.15) is 0 Å². The topological polar surface area (TPSA) is 37.3 Å². The SMILES string of the molecule is CC1(C)CCSc2c(CC#Cc3ccc(C(=O)O)cc3)cc(-c3ccccc3)cc21. The molecular weight excluding hydrogens is 388 g/mol. The van der Waals surface area contributed by atoms with Crippen LogP contribution >= 0.6 is 11.8 Å². The average Bonchev–Trinajstić information content (AvgIpc) is 2.75. The monoisotopic (exact) mass is 412 g/mol. The molecule has 0 radical (unpaired) electrons. The Morgan fingerprint density at radius 3 is 2.47 bits per heavy atom. The number of carbonyl (C=O) groups is 1. The van der Waals surface area contributed by atoms with Crippen molar-refractivity contribution in [3.63, 3.8) is 0 Å². The summed E-state index contributed by atoms with van der Waals surface area (Å²) in [6.07, 6.45) is 1.84. The second-order valence-corrected chi connectivity index (χ2v) is 9.33. The zero-order valence-electron chi connectivity index (χ0n) is 17.2. The Labute approximate surface area is 182 Å². The molecule has 3 heteroatoms. The molecule has 0 atom stereocenters. The van der Waals surface area contributed by atoms with Crippen molar-refractivity contribution in [2.24, 2.45) is 0 Å². The summed E-state index contributed by atoms with van der Waals surface area (Å²) in [6, 6.07) is 21.9. The number of rotatable bonds is 3. The Kier molecular flexibility index (Phi) is 5.70. The van der Waals surface area contributed by atoms with E-state index in [2.05, 4.69) is 62.1 Å². The Bertz CT molecular complexity index is 1130. The fraction of sp³-hybridized carbons (Fsp3) is 0.222. The van der Waals surface area contributed by atoms with E-state index in [1.165, 1.54) is 33.6 Å². The number of thioether (sulfide) groups is 1. The van der Waals surface area contributed by atoms with Crippen molar-refractivity contribution in [2.45, 2.75) is 37.0 Å². The molecule has 4 rings (SSSR count). The first-order valence-corrected chi connectivity index (χ1v) is 11.1. The van der Waals surface area contributed by atoms with Crippen LogP contribution in [0.25, 0.3) is 11.1 Å². The molecule has 0 amide bonds. The summed E-state index contributed by atoms with van der Waals surface area (Å²) in [7, 11) is 0. The van der Waals surface area contributed by atoms with Gasteiger partial charge in [-0.3, -0.25) is 0 Å². The second-order valence-electron chi connectivity index (χ2n) is 8.22. The second kappa shape index (κ2) is 8.42. The Balaban J connectivity index is 1.70. The number of carboxylic acids is 1. The molecule has 0 fully saturated rings. The minimum Gasteiger partial charge on any atom is -0.478 e. The largest absolute Gasteiger partial charge is 0.478 e. The minimum atomic E-state index is -0.918. The van der Waals surface area contributed by atoms with Gasteiger partial charge >= 0.3 is 5.97 Å². The van der Waals surface area contributed by atoms with E-state index >= 15 is 0 Å². The van der Waals surface area contributed by atoms with Crippen molar-refractivity contribution in [1.82, 2.24) is 0 Å². The van der Waals surface area contributed by atoms with Gasteiger partial charge in [0.1, 0.15) is 0 Å². The molecule has 1 heterocycles. The zero-order valence-corrected chi connectivity index (χ0v) is 18.1. The summed E-state index contributed by atoms with van der Waals surface area (Å²) in [5, 5.41) is 9.04. The van der Waals surface area contributed by atoms with E-state index in [0.717, 1.165) is 11.3 Å². The van der Waals surface area contributed by atoms with Crippen molar-refractivity contribution >= 4 is 17.7 Å². The molecule has 30 heavy (non-hydrogen) atoms. The number of aromatic carboxylic acids is 1. The highest BCUT2D eigenvalue weighted by Gasteiger charge is 2.29. The van der Waals surface area contributed by atoms with Crippen LogP contribution in [-0.4, -0.2) is 16.8 Å². The van der Waals surface area contributed by atoms with Gasteiger partial charge in [-0.25, -0.2) is 4.79 Å². The van der Waals surface area contributed by atoms with E-state index < -0.39 is 5.97 Å². The van der Waals surface area contributed by atoms with Gasteiger partial charge in [0, 0.05) is 16.9 Å². The molecule has 3 aromatic rings. The van der Waals surface area contributed by atoms with Crippen LogP contribution < -0.4 is 0 Å². The fourth-order valence-corrected chi connectivity index (χ4v) is 5.39. The summed E-state index contributed by atoms with van der Waals surface area (Å²) < 4.78 is 0. The highest BCUT2D eigenvalue weighted by molar-refractivity contribution is 7.99. The molecule has 1 aliphatic heterocycles. The Morgan fingerprint density at radius 1 is 1.03 bits per heavy atom. The summed E-state index contributed by atoms with van der Waals surface area (Å²) in [6.45, 7) is 4.67. The van der Waals surface area contributed by atoms with E-state index in [1.807, 2.05) is 17.8 Å². The maximum absolute atomic E-state index is 11.0. The van der Waals surface area contributed by atoms with Gasteiger partial charge in [0.15, 0.2) is 0 Å². The van der Waals surface area contributed by atoms with E-state index in [4.69, 9.17) is 5.11 Å². The summed E-state index contributed by atoms with van der Waals surface area (Å²) in [5.74, 6) is 6.71. The Hall–Kier alpha value is -2.96. The molecule has 150 valence electrons. The molecule has 0 unspecified atom stereocenters. The van der Waals surface area contributed by atoms with Crippen LogP contribution in [0.15, 0.2) is 71.6 Å². The molecule has 0 spiro atoms. The van der Waals surface area contributed by atoms with Gasteiger partial charge in [0.05, 0.1) is 5.56 Å². The van der Waals surface area contributed by atoms with Crippen molar-refractivity contribution in [2.75, 3.05) is 5.75 Å². The lowest BCUT2D eigenvalue weighted by Gasteiger charge is -2.34. The third kappa shape index (κ3) is 4.30. The van der Waals surface area contributed by atoms with E-state index in [0.29, 0.717) is 6.42 Å². The number of hydrogen-bond donors (Lipinski definition) is 1. The predicted molar refractivity (Wildman–Crippen MR) is 124 cm³/mol. The number of fused-ring (bicyclic) bond motifs is 1. The van der Waals surface area contributed by atoms with Crippen LogP contribution in [-0.2, 0) is 11.8 Å². The zero-order chi connectivity index (χ0) is 21.1. The van der Waals surface area contributed by atoms with E-state index in [1.54, 1.807) is 24.3 Å². The van der Waals surface area contributed by atoms with Crippen molar-refractivity contribution < 1.29 is 9.90 Å². The molecule has 2 nitrogen and oxygen atoms in total. The van der Waals surface area contributed by atoms with Gasteiger partial charge < -0.3 is 5.11 Å². The first-order valence-electron chi connectivity index (χ1n) is 10.1. The van der Waals surface area contributed by atoms with Gasteiger partial charge in [0.25, 0.3) is 0 Å². The van der Waals surface area contributed by atoms with Gasteiger partial charge in [0.2, 0.25) is 0 Å². The normalized spacial score (nSPS) is 14.3. The lowest BCUT2D eigenvalue weighted by Crippen LogP contribution is -2.23. The van der Waals surface area contributed by atoms with Crippen molar-refractivity contribution in [3.05, 3.63) is 89.0 Å². The molecule has 1 N–H and O–H groups in total. The minimum absolute atomic E-state index is 0.153. The molecule has 0 saturated carbocycles. The third-order valence-corrected chi connectivity index (χ3v) is 6.80. The van der Waals surface area contributed by atoms with E-state index in [9.17, 15) is 4.79 Å². The summed E-state index contributed by atoms with van der Waals surface area (Å²) in [5.41, 5.74) is 6.43. The first kappa shape index (κ1) is 20.3. The van der Waals surface area contributed by atoms with Crippen LogP contribution in [0.5, 0.6) is 0 Å². The lowest BCUT2D eigenvalue weighted by atomic mass is 9.79. The molecular formula is C27H24O2S. The summed E-state index contributed by atoms with van der Waals surface area (Å²) >= 11 is 1.94. The highest BCUT2D eigenvalue weighted by Crippen LogP contribution is 2.45. The maximum atomic E-state index is 11.0. The molecule has 0 saturated heterocycles. The molecule has 1 aliphatic rings. The fourth-order valence-electron chi connectivity index (χ4n) is 3.77. The highest BCUT2D eigenvalue weighted by atomic mass is 32.2. The van der Waals surface area contributed by atoms with Crippen LogP contribution in [0, 0.1) is 11.8 Å². The van der Waals surface area contributed by atoms with Crippen LogP contribution in [0.3, 0.4) is 0 Å². The molecule has 3 aromatic carbocycles. The van der Waals surface area contributed by atoms with Gasteiger partial charge in [-0.1, -0.05) is 56.0 Å². The number of carboxylic acid groups (broad SMARTS) is 1. The standard InChI is InChI=1S/C27H24O2S/c1-27(2)15-16-30-25-22(10-6-7-19-11-13-21(14-12-19)26(28)29)17-23(18-24(25)27)20-8-4-3-5-9-20/h3-5,8-9,11-14,17-18H,10,15-16H2,1-2H3,(H,28,29). The Morgan fingerprint density at radius 2 is 1.77 bits per heavy atom. The van der Waals surface area contributed by atoms with Crippen molar-refractivity contribution in [1.29, 1.82) is 0 Å². The maximum Gasteiger partial charge on any atom is 0.335 e. The smallest absolute Gasteiger partial charge is 0.335 e. The molecule has 0 bridgehead atoms. The number of hydrogen-bond acceptors (Lipinski definition) is 2. The van der Waals surface area contributed by atoms with Gasteiger partial charge in [-0.15, -0.1) is 11.8 Å². The van der Waals surface area contributed by atoms with Crippen LogP contribution in [0.2, 0.25) is 0 Å². The molecule has 0 aromatic heterocycles. The first-order chi connectivity index (χ1) is 14.4. The van der Waals surface area contributed by atoms with Crippen LogP contribution in [0.4, 0.5) is 0 Å². The van der Waals surface area contributed by atoms with Crippen LogP contribution in [0.1, 0.15) is 47.3 Å².